The van der Waals surface area contributed by atoms with E-state index in [4.69, 9.17) is 22.7 Å². The van der Waals surface area contributed by atoms with Crippen LogP contribution < -0.4 is 15.4 Å². The lowest BCUT2D eigenvalue weighted by molar-refractivity contribution is 0.339. The third-order valence-corrected chi connectivity index (χ3v) is 3.28. The first-order valence-corrected chi connectivity index (χ1v) is 7.20. The van der Waals surface area contributed by atoms with Crippen molar-refractivity contribution >= 4 is 23.0 Å². The Labute approximate surface area is 130 Å². The highest BCUT2D eigenvalue weighted by Gasteiger charge is 2.10. The standard InChI is InChI=1S/C16H19N3OS/c1-3-20-14-8-5-9-18-16(14)19(2)11-12-6-4-7-13(10-12)15(17)21/h4-10H,3,11H2,1-2H3,(H2,17,21). The van der Waals surface area contributed by atoms with Crippen molar-refractivity contribution in [2.45, 2.75) is 13.5 Å². The number of nitrogens with zero attached hydrogens (tertiary/aromatic N) is 2. The van der Waals surface area contributed by atoms with Gasteiger partial charge in [0.25, 0.3) is 0 Å². The second kappa shape index (κ2) is 7.04. The van der Waals surface area contributed by atoms with Gasteiger partial charge in [-0.15, -0.1) is 0 Å². The summed E-state index contributed by atoms with van der Waals surface area (Å²) in [4.78, 5) is 6.86. The first kappa shape index (κ1) is 15.3. The SMILES string of the molecule is CCOc1cccnc1N(C)Cc1cccc(C(N)=S)c1. The fourth-order valence-electron chi connectivity index (χ4n) is 2.11. The molecule has 0 saturated heterocycles. The van der Waals surface area contributed by atoms with Crippen LogP contribution in [0.4, 0.5) is 5.82 Å². The van der Waals surface area contributed by atoms with Crippen molar-refractivity contribution in [3.05, 3.63) is 53.7 Å². The van der Waals surface area contributed by atoms with Crippen LogP contribution in [0.5, 0.6) is 5.75 Å². The molecule has 0 aliphatic carbocycles. The van der Waals surface area contributed by atoms with Gasteiger partial charge in [-0.25, -0.2) is 4.98 Å². The number of ether oxygens (including phenoxy) is 1. The highest BCUT2D eigenvalue weighted by Crippen LogP contribution is 2.25. The first-order valence-electron chi connectivity index (χ1n) is 6.79. The molecule has 0 bridgehead atoms. The van der Waals surface area contributed by atoms with Crippen LogP contribution in [0.3, 0.4) is 0 Å². The number of hydrogen-bond donors (Lipinski definition) is 1. The quantitative estimate of drug-likeness (QED) is 0.831. The topological polar surface area (TPSA) is 51.4 Å². The van der Waals surface area contributed by atoms with E-state index >= 15 is 0 Å². The lowest BCUT2D eigenvalue weighted by Gasteiger charge is -2.21. The summed E-state index contributed by atoms with van der Waals surface area (Å²) in [7, 11) is 1.98. The zero-order chi connectivity index (χ0) is 15.2. The minimum absolute atomic E-state index is 0.410. The second-order valence-electron chi connectivity index (χ2n) is 4.68. The Hall–Kier alpha value is -2.14. The van der Waals surface area contributed by atoms with E-state index in [-0.39, 0.29) is 0 Å². The van der Waals surface area contributed by atoms with Crippen LogP contribution >= 0.6 is 12.2 Å². The number of thiocarbonyl (C=S) groups is 1. The normalized spacial score (nSPS) is 10.2. The zero-order valence-corrected chi connectivity index (χ0v) is 13.1. The van der Waals surface area contributed by atoms with Crippen molar-refractivity contribution < 1.29 is 4.74 Å². The Morgan fingerprint density at radius 2 is 2.14 bits per heavy atom. The summed E-state index contributed by atoms with van der Waals surface area (Å²) in [6.45, 7) is 3.28. The molecule has 0 aliphatic rings. The van der Waals surface area contributed by atoms with Gasteiger partial charge in [-0.1, -0.05) is 30.4 Å². The van der Waals surface area contributed by atoms with E-state index in [2.05, 4.69) is 4.98 Å². The van der Waals surface area contributed by atoms with Gasteiger partial charge in [-0.2, -0.15) is 0 Å². The number of hydrogen-bond acceptors (Lipinski definition) is 4. The molecule has 1 aromatic carbocycles. The van der Waals surface area contributed by atoms with Crippen molar-refractivity contribution in [1.29, 1.82) is 0 Å². The number of rotatable bonds is 6. The summed E-state index contributed by atoms with van der Waals surface area (Å²) in [6, 6.07) is 11.7. The summed E-state index contributed by atoms with van der Waals surface area (Å²) in [5.41, 5.74) is 7.67. The van der Waals surface area contributed by atoms with Crippen LogP contribution in [0.25, 0.3) is 0 Å². The predicted octanol–water partition coefficient (Wildman–Crippen LogP) is 2.75. The van der Waals surface area contributed by atoms with Gasteiger partial charge in [0.2, 0.25) is 0 Å². The summed E-state index contributed by atoms with van der Waals surface area (Å²) in [5.74, 6) is 1.60. The van der Waals surface area contributed by atoms with E-state index < -0.39 is 0 Å². The molecule has 21 heavy (non-hydrogen) atoms. The second-order valence-corrected chi connectivity index (χ2v) is 5.12. The third kappa shape index (κ3) is 3.92. The zero-order valence-electron chi connectivity index (χ0n) is 12.2. The Kier molecular flexibility index (Phi) is 5.11. The van der Waals surface area contributed by atoms with Crippen molar-refractivity contribution in [2.24, 2.45) is 5.73 Å². The van der Waals surface area contributed by atoms with Crippen molar-refractivity contribution in [2.75, 3.05) is 18.6 Å². The average molecular weight is 301 g/mol. The Bertz CT molecular complexity index is 630. The van der Waals surface area contributed by atoms with Crippen LogP contribution in [0.1, 0.15) is 18.1 Å². The summed E-state index contributed by atoms with van der Waals surface area (Å²) < 4.78 is 5.61. The number of pyridine rings is 1. The lowest BCUT2D eigenvalue weighted by Crippen LogP contribution is -2.19. The molecule has 0 aliphatic heterocycles. The van der Waals surface area contributed by atoms with Crippen LogP contribution in [0.2, 0.25) is 0 Å². The summed E-state index contributed by atoms with van der Waals surface area (Å²) in [6.07, 6.45) is 1.76. The van der Waals surface area contributed by atoms with Gasteiger partial charge in [-0.05, 0) is 30.7 Å². The van der Waals surface area contributed by atoms with Gasteiger partial charge in [0.05, 0.1) is 6.61 Å². The van der Waals surface area contributed by atoms with E-state index in [9.17, 15) is 0 Å². The maximum Gasteiger partial charge on any atom is 0.171 e. The molecule has 0 fully saturated rings. The van der Waals surface area contributed by atoms with Crippen LogP contribution in [-0.4, -0.2) is 23.6 Å². The lowest BCUT2D eigenvalue weighted by atomic mass is 10.1. The molecule has 0 amide bonds. The van der Waals surface area contributed by atoms with Crippen molar-refractivity contribution in [3.63, 3.8) is 0 Å². The molecule has 0 radical (unpaired) electrons. The van der Waals surface area contributed by atoms with E-state index in [0.29, 0.717) is 18.1 Å². The Balaban J connectivity index is 2.20. The molecule has 0 atom stereocenters. The summed E-state index contributed by atoms with van der Waals surface area (Å²) >= 11 is 5.02. The third-order valence-electron chi connectivity index (χ3n) is 3.04. The largest absolute Gasteiger partial charge is 0.490 e. The number of benzene rings is 1. The molecule has 2 N–H and O–H groups in total. The smallest absolute Gasteiger partial charge is 0.171 e. The minimum atomic E-state index is 0.410. The van der Waals surface area contributed by atoms with Gasteiger partial charge in [0, 0.05) is 25.4 Å². The Morgan fingerprint density at radius 3 is 2.86 bits per heavy atom. The molecule has 1 aromatic heterocycles. The van der Waals surface area contributed by atoms with Crippen LogP contribution in [0.15, 0.2) is 42.6 Å². The van der Waals surface area contributed by atoms with Gasteiger partial charge in [-0.3, -0.25) is 0 Å². The number of anilines is 1. The molecular formula is C16H19N3OS. The molecule has 0 unspecified atom stereocenters. The summed E-state index contributed by atoms with van der Waals surface area (Å²) in [5, 5.41) is 0. The van der Waals surface area contributed by atoms with Crippen LogP contribution in [0, 0.1) is 0 Å². The van der Waals surface area contributed by atoms with Crippen molar-refractivity contribution in [3.8, 4) is 5.75 Å². The van der Waals surface area contributed by atoms with Gasteiger partial charge < -0.3 is 15.4 Å². The fourth-order valence-corrected chi connectivity index (χ4v) is 2.24. The highest BCUT2D eigenvalue weighted by molar-refractivity contribution is 7.80. The average Bonchev–Trinajstić information content (AvgIpc) is 2.48. The van der Waals surface area contributed by atoms with E-state index in [1.165, 1.54) is 0 Å². The van der Waals surface area contributed by atoms with Gasteiger partial charge in [0.15, 0.2) is 11.6 Å². The maximum atomic E-state index is 5.67. The predicted molar refractivity (Wildman–Crippen MR) is 89.8 cm³/mol. The maximum absolute atomic E-state index is 5.67. The van der Waals surface area contributed by atoms with Crippen molar-refractivity contribution in [1.82, 2.24) is 4.98 Å². The van der Waals surface area contributed by atoms with E-state index in [1.807, 2.05) is 55.3 Å². The molecule has 5 heteroatoms. The molecule has 0 spiro atoms. The molecule has 2 aromatic rings. The highest BCUT2D eigenvalue weighted by atomic mass is 32.1. The van der Waals surface area contributed by atoms with Gasteiger partial charge >= 0.3 is 0 Å². The van der Waals surface area contributed by atoms with Gasteiger partial charge in [0.1, 0.15) is 4.99 Å². The molecule has 1 heterocycles. The fraction of sp³-hybridized carbons (Fsp3) is 0.250. The number of nitrogens with two attached hydrogens (primary N) is 1. The molecular weight excluding hydrogens is 282 g/mol. The monoisotopic (exact) mass is 301 g/mol. The molecule has 0 saturated carbocycles. The Morgan fingerprint density at radius 1 is 1.33 bits per heavy atom. The molecule has 2 rings (SSSR count). The minimum Gasteiger partial charge on any atom is -0.490 e. The van der Waals surface area contributed by atoms with E-state index in [0.717, 1.165) is 22.7 Å². The van der Waals surface area contributed by atoms with Crippen LogP contribution in [-0.2, 0) is 6.54 Å². The number of aromatic nitrogens is 1. The van der Waals surface area contributed by atoms with E-state index in [1.54, 1.807) is 6.20 Å². The molecule has 110 valence electrons. The first-order chi connectivity index (χ1) is 10.1. The molecule has 4 nitrogen and oxygen atoms in total.